The molecule has 1 spiro atoms. The molecule has 73 heavy (non-hydrogen) atoms. The summed E-state index contributed by atoms with van der Waals surface area (Å²) in [7, 11) is 0. The predicted octanol–water partition coefficient (Wildman–Crippen LogP) is 2.78. The molecule has 1 saturated heterocycles. The number of nitrogens with zero attached hydrogens (tertiary/aromatic N) is 7. The average molecular weight is 1060 g/mol. The van der Waals surface area contributed by atoms with E-state index in [4.69, 9.17) is 82.7 Å². The Morgan fingerprint density at radius 2 is 1.01 bits per heavy atom. The minimum absolute atomic E-state index is 0.121. The van der Waals surface area contributed by atoms with Gasteiger partial charge in [-0.1, -0.05) is 5.21 Å². The molecule has 25 heteroatoms. The molecule has 0 unspecified atom stereocenters. The summed E-state index contributed by atoms with van der Waals surface area (Å²) in [5.74, 6) is 0.982. The van der Waals surface area contributed by atoms with E-state index in [1.165, 1.54) is 0 Å². The van der Waals surface area contributed by atoms with Crippen molar-refractivity contribution in [1.82, 2.24) is 35.2 Å². The van der Waals surface area contributed by atoms with Gasteiger partial charge < -0.3 is 76.0 Å². The van der Waals surface area contributed by atoms with E-state index in [1.54, 1.807) is 17.8 Å². The topological polar surface area (TPSA) is 244 Å². The summed E-state index contributed by atoms with van der Waals surface area (Å²) in [6.45, 7) is 18.1. The van der Waals surface area contributed by atoms with E-state index < -0.39 is 0 Å². The lowest BCUT2D eigenvalue weighted by Crippen LogP contribution is -2.58. The third-order valence-corrected chi connectivity index (χ3v) is 11.7. The second-order valence-electron chi connectivity index (χ2n) is 17.3. The number of H-pyrrole nitrogens is 1. The molecule has 0 aromatic carbocycles. The molecule has 24 nitrogen and oxygen atoms in total. The van der Waals surface area contributed by atoms with Gasteiger partial charge in [-0.2, -0.15) is 15.1 Å². The van der Waals surface area contributed by atoms with Gasteiger partial charge in [0.1, 0.15) is 17.3 Å². The van der Waals surface area contributed by atoms with Crippen LogP contribution >= 0.6 is 11.6 Å². The van der Waals surface area contributed by atoms with Crippen LogP contribution in [0.4, 0.5) is 5.82 Å². The molecule has 1 aliphatic heterocycles. The number of ether oxygens (including phenoxy) is 15. The van der Waals surface area contributed by atoms with E-state index in [1.807, 2.05) is 6.20 Å². The monoisotopic (exact) mass is 1060 g/mol. The lowest BCUT2D eigenvalue weighted by Gasteiger charge is -2.54. The number of anilines is 1. The lowest BCUT2D eigenvalue weighted by molar-refractivity contribution is -0.118. The van der Waals surface area contributed by atoms with Gasteiger partial charge in [0, 0.05) is 24.9 Å². The van der Waals surface area contributed by atoms with Gasteiger partial charge in [-0.15, -0.1) is 5.10 Å². The highest BCUT2D eigenvalue weighted by molar-refractivity contribution is 6.28. The molecule has 2 fully saturated rings. The maximum atomic E-state index is 10.8. The molecule has 3 aromatic rings. The first-order chi connectivity index (χ1) is 36.0. The molecule has 0 atom stereocenters. The number of ketones is 1. The van der Waals surface area contributed by atoms with Gasteiger partial charge in [0.2, 0.25) is 5.28 Å². The molecular weight excluding hydrogens is 980 g/mol. The number of nitrogens with one attached hydrogen (secondary N) is 1. The van der Waals surface area contributed by atoms with Crippen LogP contribution in [0, 0.1) is 5.41 Å². The van der Waals surface area contributed by atoms with Gasteiger partial charge in [-0.25, -0.2) is 4.68 Å². The van der Waals surface area contributed by atoms with Crippen molar-refractivity contribution in [2.75, 3.05) is 203 Å². The van der Waals surface area contributed by atoms with Gasteiger partial charge in [0.15, 0.2) is 5.65 Å². The van der Waals surface area contributed by atoms with Crippen LogP contribution in [0.25, 0.3) is 11.0 Å². The first-order valence-electron chi connectivity index (χ1n) is 25.7. The second kappa shape index (κ2) is 39.3. The summed E-state index contributed by atoms with van der Waals surface area (Å²) < 4.78 is 85.3. The SMILES string of the molecule is CC(=O)CCOCCOCCOCCOCCOCCOCCOCCOCCOCCOCCn1cc(COCCOCCOCCOCCOC2CCC3(CC2)CN(c2nc(Cl)nc4[nH]ncc24)C3)nn1. The van der Waals surface area contributed by atoms with Crippen molar-refractivity contribution < 1.29 is 75.8 Å². The van der Waals surface area contributed by atoms with Gasteiger partial charge >= 0.3 is 0 Å². The number of halogens is 1. The first kappa shape index (κ1) is 60.7. The molecular formula is C48H81ClN8O16. The summed E-state index contributed by atoms with van der Waals surface area (Å²) in [5, 5.41) is 16.4. The Bertz CT molecular complexity index is 1820. The van der Waals surface area contributed by atoms with E-state index in [0.29, 0.717) is 216 Å². The maximum Gasteiger partial charge on any atom is 0.226 e. The Morgan fingerprint density at radius 3 is 1.48 bits per heavy atom. The van der Waals surface area contributed by atoms with Crippen molar-refractivity contribution in [3.05, 3.63) is 23.4 Å². The molecule has 5 rings (SSSR count). The molecule has 1 N–H and O–H groups in total. The minimum atomic E-state index is 0.121. The van der Waals surface area contributed by atoms with Gasteiger partial charge in [-0.3, -0.25) is 9.89 Å². The van der Waals surface area contributed by atoms with Crippen LogP contribution in [-0.4, -0.2) is 245 Å². The number of aromatic amines is 1. The fraction of sp³-hybridized carbons (Fsp3) is 0.833. The van der Waals surface area contributed by atoms with E-state index >= 15 is 0 Å². The number of carbonyl (C=O) groups excluding carboxylic acids is 1. The smallest absolute Gasteiger partial charge is 0.226 e. The molecule has 0 radical (unpaired) electrons. The van der Waals surface area contributed by atoms with Gasteiger partial charge in [-0.05, 0) is 44.2 Å². The third kappa shape index (κ3) is 27.5. The molecule has 0 amide bonds. The Labute approximate surface area is 434 Å². The van der Waals surface area contributed by atoms with Crippen molar-refractivity contribution >= 4 is 34.2 Å². The largest absolute Gasteiger partial charge is 0.379 e. The van der Waals surface area contributed by atoms with Crippen LogP contribution in [0.5, 0.6) is 0 Å². The Hall–Kier alpha value is -3.15. The van der Waals surface area contributed by atoms with Crippen LogP contribution in [0.1, 0.15) is 44.7 Å². The van der Waals surface area contributed by atoms with E-state index in [0.717, 1.165) is 55.7 Å². The average Bonchev–Trinajstić information content (AvgIpc) is 4.05. The Balaban J connectivity index is 0.666. The fourth-order valence-corrected chi connectivity index (χ4v) is 7.88. The number of fused-ring (bicyclic) bond motifs is 1. The number of carbonyl (C=O) groups is 1. The highest BCUT2D eigenvalue weighted by atomic mass is 35.5. The van der Waals surface area contributed by atoms with Crippen LogP contribution in [0.15, 0.2) is 12.4 Å². The number of Topliss-reactive ketones (excluding diaryl/α,β-unsaturated/α-hetero) is 1. The lowest BCUT2D eigenvalue weighted by atomic mass is 9.68. The minimum Gasteiger partial charge on any atom is -0.379 e. The summed E-state index contributed by atoms with van der Waals surface area (Å²) in [4.78, 5) is 21.8. The van der Waals surface area contributed by atoms with Crippen molar-refractivity contribution in [3.8, 4) is 0 Å². The number of rotatable bonds is 49. The zero-order valence-corrected chi connectivity index (χ0v) is 43.7. The zero-order chi connectivity index (χ0) is 51.1. The molecule has 4 heterocycles. The highest BCUT2D eigenvalue weighted by Gasteiger charge is 2.46. The first-order valence-corrected chi connectivity index (χ1v) is 26.1. The Kier molecular flexibility index (Phi) is 32.7. The number of hydrogen-bond acceptors (Lipinski definition) is 22. The number of hydrogen-bond donors (Lipinski definition) is 1. The molecule has 2 aliphatic rings. The summed E-state index contributed by atoms with van der Waals surface area (Å²) >= 11 is 6.14. The highest BCUT2D eigenvalue weighted by Crippen LogP contribution is 2.46. The summed E-state index contributed by atoms with van der Waals surface area (Å²) in [6.07, 6.45) is 8.72. The van der Waals surface area contributed by atoms with Gasteiger partial charge in [0.05, 0.1) is 222 Å². The van der Waals surface area contributed by atoms with Crippen LogP contribution < -0.4 is 4.90 Å². The van der Waals surface area contributed by atoms with Crippen LogP contribution in [0.2, 0.25) is 5.28 Å². The second-order valence-corrected chi connectivity index (χ2v) is 17.7. The Morgan fingerprint density at radius 1 is 0.589 bits per heavy atom. The molecule has 0 bridgehead atoms. The van der Waals surface area contributed by atoms with Crippen LogP contribution in [0.3, 0.4) is 0 Å². The summed E-state index contributed by atoms with van der Waals surface area (Å²) in [6, 6.07) is 0. The van der Waals surface area contributed by atoms with Crippen molar-refractivity contribution in [2.24, 2.45) is 5.41 Å². The standard InChI is InChI=1S/C48H81ClN8O16/c1-41(58)4-8-59-10-12-61-14-16-63-18-20-65-22-24-67-26-27-68-25-23-66-21-19-64-17-15-62-13-11-60-9-7-57-37-42(53-55-57)38-72-33-32-70-29-28-69-30-31-71-34-35-73-43-2-5-48(6-3-43)39-56(40-48)46-44-36-50-54-45(44)51-47(49)52-46/h36-37,43H,2-35,38-40H2,1H3,(H,50,51,52,54). The third-order valence-electron chi connectivity index (χ3n) is 11.6. The molecule has 3 aromatic heterocycles. The zero-order valence-electron chi connectivity index (χ0n) is 42.9. The quantitative estimate of drug-likeness (QED) is 0.0631. The predicted molar refractivity (Wildman–Crippen MR) is 265 cm³/mol. The molecule has 416 valence electrons. The number of aromatic nitrogens is 7. The van der Waals surface area contributed by atoms with E-state index in [2.05, 4.69) is 35.4 Å². The normalized spacial score (nSPS) is 14.8. The van der Waals surface area contributed by atoms with E-state index in [-0.39, 0.29) is 17.2 Å². The van der Waals surface area contributed by atoms with Gasteiger partial charge in [0.25, 0.3) is 0 Å². The van der Waals surface area contributed by atoms with Crippen LogP contribution in [-0.2, 0) is 89.0 Å². The van der Waals surface area contributed by atoms with Crippen molar-refractivity contribution in [1.29, 1.82) is 0 Å². The molecule has 1 aliphatic carbocycles. The molecule has 1 saturated carbocycles. The van der Waals surface area contributed by atoms with Crippen molar-refractivity contribution in [3.63, 3.8) is 0 Å². The maximum absolute atomic E-state index is 10.8. The fourth-order valence-electron chi connectivity index (χ4n) is 7.71. The van der Waals surface area contributed by atoms with E-state index in [9.17, 15) is 4.79 Å². The van der Waals surface area contributed by atoms with Crippen molar-refractivity contribution in [2.45, 2.75) is 58.3 Å². The summed E-state index contributed by atoms with van der Waals surface area (Å²) in [5.41, 5.74) is 1.73.